The molecule has 2 fully saturated rings. The molecule has 34 heavy (non-hydrogen) atoms. The first-order valence-electron chi connectivity index (χ1n) is 10.7. The van der Waals surface area contributed by atoms with Gasteiger partial charge in [0.1, 0.15) is 11.8 Å². The third-order valence-electron chi connectivity index (χ3n) is 6.37. The van der Waals surface area contributed by atoms with Gasteiger partial charge in [-0.05, 0) is 43.9 Å². The first-order valence-corrected chi connectivity index (χ1v) is 10.7. The summed E-state index contributed by atoms with van der Waals surface area (Å²) in [5.74, 6) is -0.362. The van der Waals surface area contributed by atoms with E-state index >= 15 is 0 Å². The van der Waals surface area contributed by atoms with E-state index in [0.717, 1.165) is 12.3 Å². The fraction of sp³-hybridized carbons (Fsp3) is 0.409. The van der Waals surface area contributed by atoms with E-state index in [0.29, 0.717) is 24.2 Å². The molecule has 1 amide bonds. The lowest BCUT2D eigenvalue weighted by Crippen LogP contribution is -2.53. The van der Waals surface area contributed by atoms with Crippen LogP contribution in [0.25, 0.3) is 5.69 Å². The summed E-state index contributed by atoms with van der Waals surface area (Å²) in [7, 11) is 0. The van der Waals surface area contributed by atoms with Crippen molar-refractivity contribution in [1.29, 1.82) is 0 Å². The van der Waals surface area contributed by atoms with Crippen LogP contribution < -0.4 is 4.74 Å². The molecule has 2 bridgehead atoms. The molecule has 0 aromatic carbocycles. The van der Waals surface area contributed by atoms with Gasteiger partial charge in [-0.15, -0.1) is 4.80 Å². The van der Waals surface area contributed by atoms with Crippen molar-refractivity contribution in [3.8, 4) is 11.6 Å². The lowest BCUT2D eigenvalue weighted by Gasteiger charge is -2.38. The summed E-state index contributed by atoms with van der Waals surface area (Å²) in [6.07, 6.45) is -0.107. The Morgan fingerprint density at radius 1 is 1.18 bits per heavy atom. The number of rotatable bonds is 5. The lowest BCUT2D eigenvalue weighted by atomic mass is 9.97. The van der Waals surface area contributed by atoms with Crippen molar-refractivity contribution >= 4 is 5.91 Å². The number of fused-ring (bicyclic) bond motifs is 2. The van der Waals surface area contributed by atoms with Gasteiger partial charge in [0.15, 0.2) is 5.69 Å². The molecule has 3 aromatic heterocycles. The third-order valence-corrected chi connectivity index (χ3v) is 6.37. The molecule has 0 unspecified atom stereocenters. The summed E-state index contributed by atoms with van der Waals surface area (Å²) in [4.78, 5) is 24.8. The number of aromatic nitrogens is 5. The van der Waals surface area contributed by atoms with Crippen LogP contribution in [0.1, 0.15) is 34.6 Å². The number of aliphatic hydroxyl groups excluding tert-OH is 1. The Bertz CT molecular complexity index is 1190. The number of amides is 1. The van der Waals surface area contributed by atoms with Gasteiger partial charge < -0.3 is 14.7 Å². The van der Waals surface area contributed by atoms with E-state index in [-0.39, 0.29) is 30.1 Å². The number of aliphatic hydroxyl groups is 1. The Morgan fingerprint density at radius 3 is 2.59 bits per heavy atom. The summed E-state index contributed by atoms with van der Waals surface area (Å²) in [6.45, 7) is 1.54. The first kappa shape index (κ1) is 22.3. The molecule has 1 aliphatic heterocycles. The van der Waals surface area contributed by atoms with Crippen molar-refractivity contribution in [2.45, 2.75) is 44.1 Å². The molecule has 1 saturated carbocycles. The predicted octanol–water partition coefficient (Wildman–Crippen LogP) is 2.43. The van der Waals surface area contributed by atoms with Gasteiger partial charge in [0, 0.05) is 18.0 Å². The fourth-order valence-electron chi connectivity index (χ4n) is 4.86. The average Bonchev–Trinajstić information content (AvgIpc) is 3.54. The van der Waals surface area contributed by atoms with Crippen LogP contribution in [0.15, 0.2) is 42.9 Å². The summed E-state index contributed by atoms with van der Waals surface area (Å²) < 4.78 is 44.4. The maximum atomic E-state index is 13.7. The van der Waals surface area contributed by atoms with E-state index in [1.54, 1.807) is 24.0 Å². The summed E-state index contributed by atoms with van der Waals surface area (Å²) in [5, 5.41) is 18.2. The molecule has 12 heteroatoms. The maximum absolute atomic E-state index is 13.7. The van der Waals surface area contributed by atoms with Gasteiger partial charge in [0.25, 0.3) is 5.91 Å². The number of halogens is 3. The number of pyridine rings is 2. The minimum atomic E-state index is -4.49. The zero-order valence-electron chi connectivity index (χ0n) is 18.1. The summed E-state index contributed by atoms with van der Waals surface area (Å²) >= 11 is 0. The van der Waals surface area contributed by atoms with Crippen molar-refractivity contribution in [2.75, 3.05) is 6.61 Å². The first-order chi connectivity index (χ1) is 16.3. The van der Waals surface area contributed by atoms with Gasteiger partial charge in [-0.2, -0.15) is 23.4 Å². The quantitative estimate of drug-likeness (QED) is 0.605. The van der Waals surface area contributed by atoms with Crippen LogP contribution in [0.3, 0.4) is 0 Å². The van der Waals surface area contributed by atoms with Gasteiger partial charge in [0.05, 0.1) is 36.6 Å². The minimum absolute atomic E-state index is 0.0190. The second-order valence-electron chi connectivity index (χ2n) is 8.44. The molecule has 9 nitrogen and oxygen atoms in total. The Labute approximate surface area is 192 Å². The Morgan fingerprint density at radius 2 is 1.94 bits per heavy atom. The van der Waals surface area contributed by atoms with Crippen LogP contribution in [0.4, 0.5) is 13.2 Å². The van der Waals surface area contributed by atoms with Crippen LogP contribution in [0, 0.1) is 12.8 Å². The normalized spacial score (nSPS) is 24.0. The number of nitrogens with zero attached hydrogens (tertiary/aromatic N) is 6. The molecule has 178 valence electrons. The number of hydrogen-bond donors (Lipinski definition) is 1. The van der Waals surface area contributed by atoms with Crippen LogP contribution in [0.2, 0.25) is 0 Å². The molecule has 4 heterocycles. The van der Waals surface area contributed by atoms with E-state index < -0.39 is 29.8 Å². The number of alkyl halides is 3. The van der Waals surface area contributed by atoms with E-state index in [2.05, 4.69) is 20.2 Å². The highest BCUT2D eigenvalue weighted by atomic mass is 19.4. The van der Waals surface area contributed by atoms with Crippen molar-refractivity contribution in [1.82, 2.24) is 29.9 Å². The molecule has 1 N–H and O–H groups in total. The van der Waals surface area contributed by atoms with Crippen molar-refractivity contribution in [3.63, 3.8) is 0 Å². The zero-order chi connectivity index (χ0) is 24.0. The predicted molar refractivity (Wildman–Crippen MR) is 111 cm³/mol. The fourth-order valence-corrected chi connectivity index (χ4v) is 4.86. The molecule has 0 spiro atoms. The van der Waals surface area contributed by atoms with Crippen LogP contribution in [0.5, 0.6) is 5.88 Å². The third kappa shape index (κ3) is 3.87. The van der Waals surface area contributed by atoms with E-state index in [1.165, 1.54) is 23.3 Å². The molecule has 0 radical (unpaired) electrons. The highest BCUT2D eigenvalue weighted by Gasteiger charge is 2.54. The van der Waals surface area contributed by atoms with Crippen molar-refractivity contribution < 1.29 is 27.8 Å². The Hall–Kier alpha value is -3.54. The number of ether oxygens (including phenoxy) is 1. The van der Waals surface area contributed by atoms with Crippen molar-refractivity contribution in [2.24, 2.45) is 5.92 Å². The van der Waals surface area contributed by atoms with E-state index in [4.69, 9.17) is 4.74 Å². The van der Waals surface area contributed by atoms with Crippen LogP contribution in [-0.2, 0) is 6.18 Å². The molecule has 1 aliphatic carbocycles. The number of carbonyl (C=O) groups is 1. The second kappa shape index (κ2) is 8.35. The van der Waals surface area contributed by atoms with Crippen molar-refractivity contribution in [3.05, 3.63) is 59.8 Å². The van der Waals surface area contributed by atoms with Crippen LogP contribution in [-0.4, -0.2) is 65.7 Å². The standard InChI is InChI=1S/C22H21F3N6O3/c1-12-2-4-15(31-27-6-7-28-31)20(29-12)21(33)30-16-8-13(17(30)11-32)9-18(16)34-19-5-3-14(10-26-19)22(23,24)25/h2-7,10,13,16-18,32H,8-9,11H2,1H3/t13-,16+,17-,18-/m1/s1. The average molecular weight is 474 g/mol. The smallest absolute Gasteiger partial charge is 0.417 e. The van der Waals surface area contributed by atoms with Gasteiger partial charge in [-0.3, -0.25) is 4.79 Å². The molecular formula is C22H21F3N6O3. The van der Waals surface area contributed by atoms with Gasteiger partial charge in [-0.25, -0.2) is 9.97 Å². The Balaban J connectivity index is 1.42. The maximum Gasteiger partial charge on any atom is 0.417 e. The second-order valence-corrected chi connectivity index (χ2v) is 8.44. The molecular weight excluding hydrogens is 453 g/mol. The number of likely N-dealkylation sites (tertiary alicyclic amines) is 1. The SMILES string of the molecule is Cc1ccc(-n2nccn2)c(C(=O)N2[C@H](CO)[C@H]3C[C@@H](Oc4ccc(C(F)(F)F)cn4)[C@@H]2C3)n1. The highest BCUT2D eigenvalue weighted by molar-refractivity contribution is 5.96. The molecule has 1 saturated heterocycles. The number of aryl methyl sites for hydroxylation is 1. The van der Waals surface area contributed by atoms with Crippen LogP contribution >= 0.6 is 0 Å². The monoisotopic (exact) mass is 474 g/mol. The molecule has 5 rings (SSSR count). The number of carbonyl (C=O) groups excluding carboxylic acids is 1. The van der Waals surface area contributed by atoms with E-state index in [9.17, 15) is 23.1 Å². The van der Waals surface area contributed by atoms with Gasteiger partial charge >= 0.3 is 6.18 Å². The number of piperidine rings is 1. The summed E-state index contributed by atoms with van der Waals surface area (Å²) in [6, 6.07) is 4.73. The number of hydrogen-bond acceptors (Lipinski definition) is 7. The zero-order valence-corrected chi connectivity index (χ0v) is 18.1. The van der Waals surface area contributed by atoms with Gasteiger partial charge in [-0.1, -0.05) is 0 Å². The Kier molecular flexibility index (Phi) is 5.47. The minimum Gasteiger partial charge on any atom is -0.472 e. The molecule has 2 aliphatic rings. The van der Waals surface area contributed by atoms with Gasteiger partial charge in [0.2, 0.25) is 5.88 Å². The lowest BCUT2D eigenvalue weighted by molar-refractivity contribution is -0.137. The van der Waals surface area contributed by atoms with E-state index in [1.807, 2.05) is 0 Å². The highest BCUT2D eigenvalue weighted by Crippen LogP contribution is 2.44. The molecule has 3 aromatic rings. The summed E-state index contributed by atoms with van der Waals surface area (Å²) in [5.41, 5.74) is 0.316. The topological polar surface area (TPSA) is 106 Å². The molecule has 4 atom stereocenters. The largest absolute Gasteiger partial charge is 0.472 e.